The molecule has 0 aromatic heterocycles. The van der Waals surface area contributed by atoms with Gasteiger partial charge in [0.15, 0.2) is 0 Å². The average Bonchev–Trinajstić information content (AvgIpc) is 2.64. The summed E-state index contributed by atoms with van der Waals surface area (Å²) in [6.07, 6.45) is 1.62. The van der Waals surface area contributed by atoms with Gasteiger partial charge in [0.25, 0.3) is 5.91 Å². The summed E-state index contributed by atoms with van der Waals surface area (Å²) in [5.41, 5.74) is 3.65. The number of nitrogens with one attached hydrogen (secondary N) is 1. The van der Waals surface area contributed by atoms with Gasteiger partial charge in [0.1, 0.15) is 0 Å². The second-order valence-corrected chi connectivity index (χ2v) is 7.34. The Balaban J connectivity index is 1.66. The van der Waals surface area contributed by atoms with E-state index >= 15 is 0 Å². The number of aryl methyl sites for hydroxylation is 2. The van der Waals surface area contributed by atoms with Crippen LogP contribution in [0.1, 0.15) is 34.3 Å². The van der Waals surface area contributed by atoms with Gasteiger partial charge in [0, 0.05) is 29.4 Å². The van der Waals surface area contributed by atoms with E-state index < -0.39 is 0 Å². The van der Waals surface area contributed by atoms with Crippen molar-refractivity contribution in [1.82, 2.24) is 4.90 Å². The molecule has 0 spiro atoms. The topological polar surface area (TPSA) is 49.4 Å². The lowest BCUT2D eigenvalue weighted by atomic mass is 9.96. The van der Waals surface area contributed by atoms with Crippen LogP contribution in [0.5, 0.6) is 0 Å². The molecule has 1 aliphatic heterocycles. The number of nitrogens with zero attached hydrogens (tertiary/aromatic N) is 1. The highest BCUT2D eigenvalue weighted by molar-refractivity contribution is 6.30. The molecule has 136 valence electrons. The smallest absolute Gasteiger partial charge is 0.253 e. The standard InChI is InChI=1S/C21H23ClN2O2/c1-14-5-10-19(15(2)12-14)23-20(25)17-4-3-11-24(13-17)21(26)16-6-8-18(22)9-7-16/h5-10,12,17H,3-4,11,13H2,1-2H3,(H,23,25)/t17-/m0/s1. The van der Waals surface area contributed by atoms with Crippen LogP contribution in [-0.2, 0) is 4.79 Å². The lowest BCUT2D eigenvalue weighted by Gasteiger charge is -2.32. The molecular formula is C21H23ClN2O2. The van der Waals surface area contributed by atoms with Crippen molar-refractivity contribution in [2.24, 2.45) is 5.92 Å². The van der Waals surface area contributed by atoms with Gasteiger partial charge in [-0.3, -0.25) is 9.59 Å². The first-order valence-corrected chi connectivity index (χ1v) is 9.25. The second-order valence-electron chi connectivity index (χ2n) is 6.90. The Morgan fingerprint density at radius 3 is 2.54 bits per heavy atom. The van der Waals surface area contributed by atoms with Gasteiger partial charge in [-0.05, 0) is 62.6 Å². The third kappa shape index (κ3) is 4.25. The maximum atomic E-state index is 12.7. The summed E-state index contributed by atoms with van der Waals surface area (Å²) in [6, 6.07) is 12.8. The molecule has 2 amide bonds. The molecule has 1 atom stereocenters. The van der Waals surface area contributed by atoms with Crippen molar-refractivity contribution >= 4 is 29.1 Å². The van der Waals surface area contributed by atoms with Gasteiger partial charge >= 0.3 is 0 Å². The van der Waals surface area contributed by atoms with Gasteiger partial charge in [-0.15, -0.1) is 0 Å². The number of hydrogen-bond acceptors (Lipinski definition) is 2. The normalized spacial score (nSPS) is 17.0. The number of benzene rings is 2. The Bertz CT molecular complexity index is 817. The number of amides is 2. The predicted octanol–water partition coefficient (Wildman–Crippen LogP) is 4.45. The number of carbonyl (C=O) groups is 2. The van der Waals surface area contributed by atoms with Crippen molar-refractivity contribution in [2.75, 3.05) is 18.4 Å². The molecule has 2 aromatic carbocycles. The third-order valence-electron chi connectivity index (χ3n) is 4.81. The highest BCUT2D eigenvalue weighted by Gasteiger charge is 2.29. The highest BCUT2D eigenvalue weighted by atomic mass is 35.5. The first-order chi connectivity index (χ1) is 12.4. The fourth-order valence-electron chi connectivity index (χ4n) is 3.34. The third-order valence-corrected chi connectivity index (χ3v) is 5.06. The molecule has 1 N–H and O–H groups in total. The van der Waals surface area contributed by atoms with E-state index in [1.165, 1.54) is 0 Å². The Kier molecular flexibility index (Phi) is 5.62. The molecule has 26 heavy (non-hydrogen) atoms. The molecule has 1 aliphatic rings. The largest absolute Gasteiger partial charge is 0.338 e. The molecule has 0 radical (unpaired) electrons. The van der Waals surface area contributed by atoms with Gasteiger partial charge in [0.2, 0.25) is 5.91 Å². The van der Waals surface area contributed by atoms with E-state index in [0.717, 1.165) is 29.7 Å². The fourth-order valence-corrected chi connectivity index (χ4v) is 3.47. The van der Waals surface area contributed by atoms with E-state index in [0.29, 0.717) is 23.7 Å². The summed E-state index contributed by atoms with van der Waals surface area (Å²) in [5.74, 6) is -0.267. The molecule has 5 heteroatoms. The van der Waals surface area contributed by atoms with Crippen LogP contribution in [0.3, 0.4) is 0 Å². The Morgan fingerprint density at radius 1 is 1.12 bits per heavy atom. The minimum atomic E-state index is -0.194. The molecule has 0 aliphatic carbocycles. The van der Waals surface area contributed by atoms with Gasteiger partial charge in [0.05, 0.1) is 5.92 Å². The van der Waals surface area contributed by atoms with Gasteiger partial charge in [-0.1, -0.05) is 29.3 Å². The number of hydrogen-bond donors (Lipinski definition) is 1. The van der Waals surface area contributed by atoms with Crippen molar-refractivity contribution in [3.05, 3.63) is 64.2 Å². The lowest BCUT2D eigenvalue weighted by molar-refractivity contribution is -0.121. The zero-order valence-electron chi connectivity index (χ0n) is 15.1. The summed E-state index contributed by atoms with van der Waals surface area (Å²) in [4.78, 5) is 27.1. The SMILES string of the molecule is Cc1ccc(NC(=O)[C@H]2CCCN(C(=O)c3ccc(Cl)cc3)C2)c(C)c1. The van der Waals surface area contributed by atoms with Crippen LogP contribution in [0.25, 0.3) is 0 Å². The van der Waals surface area contributed by atoms with Crippen LogP contribution in [0.2, 0.25) is 5.02 Å². The lowest BCUT2D eigenvalue weighted by Crippen LogP contribution is -2.43. The van der Waals surface area contributed by atoms with E-state index in [1.54, 1.807) is 29.2 Å². The molecule has 0 saturated carbocycles. The molecule has 4 nitrogen and oxygen atoms in total. The number of carbonyl (C=O) groups excluding carboxylic acids is 2. The van der Waals surface area contributed by atoms with Crippen LogP contribution < -0.4 is 5.32 Å². The molecule has 2 aromatic rings. The molecule has 1 fully saturated rings. The van der Waals surface area contributed by atoms with Gasteiger partial charge < -0.3 is 10.2 Å². The minimum Gasteiger partial charge on any atom is -0.338 e. The first-order valence-electron chi connectivity index (χ1n) is 8.87. The second kappa shape index (κ2) is 7.92. The number of likely N-dealkylation sites (tertiary alicyclic amines) is 1. The highest BCUT2D eigenvalue weighted by Crippen LogP contribution is 2.23. The van der Waals surface area contributed by atoms with Crippen molar-refractivity contribution in [3.8, 4) is 0 Å². The maximum absolute atomic E-state index is 12.7. The van der Waals surface area contributed by atoms with Crippen LogP contribution in [0.15, 0.2) is 42.5 Å². The molecule has 0 unspecified atom stereocenters. The van der Waals surface area contributed by atoms with Crippen molar-refractivity contribution in [3.63, 3.8) is 0 Å². The van der Waals surface area contributed by atoms with E-state index in [2.05, 4.69) is 5.32 Å². The van der Waals surface area contributed by atoms with Crippen molar-refractivity contribution < 1.29 is 9.59 Å². The maximum Gasteiger partial charge on any atom is 0.253 e. The van der Waals surface area contributed by atoms with Gasteiger partial charge in [-0.2, -0.15) is 0 Å². The van der Waals surface area contributed by atoms with Crippen LogP contribution in [0.4, 0.5) is 5.69 Å². The molecule has 1 heterocycles. The average molecular weight is 371 g/mol. The Morgan fingerprint density at radius 2 is 1.85 bits per heavy atom. The number of anilines is 1. The van der Waals surface area contributed by atoms with E-state index in [-0.39, 0.29) is 17.7 Å². The molecule has 1 saturated heterocycles. The van der Waals surface area contributed by atoms with E-state index in [9.17, 15) is 9.59 Å². The summed E-state index contributed by atoms with van der Waals surface area (Å²) in [5, 5.41) is 3.62. The number of rotatable bonds is 3. The van der Waals surface area contributed by atoms with E-state index in [4.69, 9.17) is 11.6 Å². The Labute approximate surface area is 159 Å². The molecule has 3 rings (SSSR count). The fraction of sp³-hybridized carbons (Fsp3) is 0.333. The summed E-state index contributed by atoms with van der Waals surface area (Å²) in [7, 11) is 0. The minimum absolute atomic E-state index is 0.0226. The number of halogens is 1. The summed E-state index contributed by atoms with van der Waals surface area (Å²) < 4.78 is 0. The quantitative estimate of drug-likeness (QED) is 0.867. The Hall–Kier alpha value is -2.33. The zero-order chi connectivity index (χ0) is 18.7. The molecule has 0 bridgehead atoms. The van der Waals surface area contributed by atoms with Crippen LogP contribution in [-0.4, -0.2) is 29.8 Å². The summed E-state index contributed by atoms with van der Waals surface area (Å²) in [6.45, 7) is 5.13. The summed E-state index contributed by atoms with van der Waals surface area (Å²) >= 11 is 5.89. The van der Waals surface area contributed by atoms with Crippen LogP contribution in [0, 0.1) is 19.8 Å². The first kappa shape index (κ1) is 18.5. The molecular weight excluding hydrogens is 348 g/mol. The monoisotopic (exact) mass is 370 g/mol. The van der Waals surface area contributed by atoms with Crippen molar-refractivity contribution in [1.29, 1.82) is 0 Å². The predicted molar refractivity (Wildman–Crippen MR) is 105 cm³/mol. The van der Waals surface area contributed by atoms with Crippen molar-refractivity contribution in [2.45, 2.75) is 26.7 Å². The van der Waals surface area contributed by atoms with Crippen LogP contribution >= 0.6 is 11.6 Å². The van der Waals surface area contributed by atoms with E-state index in [1.807, 2.05) is 32.0 Å². The number of piperidine rings is 1. The zero-order valence-corrected chi connectivity index (χ0v) is 15.8. The van der Waals surface area contributed by atoms with Gasteiger partial charge in [-0.25, -0.2) is 0 Å².